The molecule has 8 nitrogen and oxygen atoms in total. The molecule has 0 bridgehead atoms. The first-order chi connectivity index (χ1) is 10.3. The summed E-state index contributed by atoms with van der Waals surface area (Å²) in [5, 5.41) is 16.2. The number of morpholine rings is 1. The van der Waals surface area contributed by atoms with E-state index in [-0.39, 0.29) is 6.10 Å². The van der Waals surface area contributed by atoms with Gasteiger partial charge in [0.1, 0.15) is 18.0 Å². The largest absolute Gasteiger partial charge is 0.366 e. The third-order valence-corrected chi connectivity index (χ3v) is 3.32. The van der Waals surface area contributed by atoms with Crippen molar-refractivity contribution in [2.45, 2.75) is 19.4 Å². The molecule has 1 saturated heterocycles. The second kappa shape index (κ2) is 5.85. The number of nitriles is 1. The van der Waals surface area contributed by atoms with Gasteiger partial charge in [-0.2, -0.15) is 10.4 Å². The fraction of sp³-hybridized carbons (Fsp3) is 0.462. The van der Waals surface area contributed by atoms with Crippen molar-refractivity contribution in [1.29, 1.82) is 5.26 Å². The maximum absolute atomic E-state index is 9.13. The van der Waals surface area contributed by atoms with Crippen molar-refractivity contribution in [2.75, 3.05) is 24.6 Å². The molecule has 0 amide bonds. The Bertz CT molecular complexity index is 663. The van der Waals surface area contributed by atoms with Crippen LogP contribution in [-0.2, 0) is 11.2 Å². The molecule has 3 heterocycles. The summed E-state index contributed by atoms with van der Waals surface area (Å²) in [6.45, 7) is 3.75. The van der Waals surface area contributed by atoms with Gasteiger partial charge < -0.3 is 9.64 Å². The molecule has 0 aromatic carbocycles. The molecule has 0 saturated carbocycles. The van der Waals surface area contributed by atoms with E-state index in [1.54, 1.807) is 6.20 Å². The lowest BCUT2D eigenvalue weighted by atomic mass is 10.2. The van der Waals surface area contributed by atoms with E-state index in [9.17, 15) is 0 Å². The SMILES string of the molecule is CCc1nc(C2CN(c3nccnc3C#N)CCO2)n[nH]1. The minimum atomic E-state index is -0.233. The van der Waals surface area contributed by atoms with E-state index in [1.165, 1.54) is 6.20 Å². The molecule has 1 aliphatic heterocycles. The Hall–Kier alpha value is -2.53. The second-order valence-corrected chi connectivity index (χ2v) is 4.64. The number of hydrogen-bond donors (Lipinski definition) is 1. The van der Waals surface area contributed by atoms with Crippen molar-refractivity contribution in [3.63, 3.8) is 0 Å². The molecule has 1 fully saturated rings. The Balaban J connectivity index is 1.81. The number of ether oxygens (including phenoxy) is 1. The topological polar surface area (TPSA) is 104 Å². The first kappa shape index (κ1) is 13.5. The van der Waals surface area contributed by atoms with Crippen LogP contribution in [0.2, 0.25) is 0 Å². The van der Waals surface area contributed by atoms with Gasteiger partial charge in [-0.05, 0) is 0 Å². The van der Waals surface area contributed by atoms with Crippen LogP contribution in [0.1, 0.15) is 30.4 Å². The molecule has 3 rings (SSSR count). The van der Waals surface area contributed by atoms with E-state index in [4.69, 9.17) is 10.00 Å². The van der Waals surface area contributed by atoms with E-state index < -0.39 is 0 Å². The van der Waals surface area contributed by atoms with Crippen LogP contribution in [-0.4, -0.2) is 44.8 Å². The Labute approximate surface area is 121 Å². The summed E-state index contributed by atoms with van der Waals surface area (Å²) in [6, 6.07) is 2.07. The van der Waals surface area contributed by atoms with Crippen LogP contribution in [0.25, 0.3) is 0 Å². The van der Waals surface area contributed by atoms with Gasteiger partial charge in [0, 0.05) is 25.4 Å². The Morgan fingerprint density at radius 1 is 1.48 bits per heavy atom. The van der Waals surface area contributed by atoms with E-state index in [0.717, 1.165) is 12.2 Å². The number of anilines is 1. The number of rotatable bonds is 3. The Morgan fingerprint density at radius 3 is 3.10 bits per heavy atom. The molecule has 8 heteroatoms. The lowest BCUT2D eigenvalue weighted by Crippen LogP contribution is -2.39. The van der Waals surface area contributed by atoms with Gasteiger partial charge in [0.25, 0.3) is 0 Å². The maximum atomic E-state index is 9.13. The first-order valence-electron chi connectivity index (χ1n) is 6.80. The van der Waals surface area contributed by atoms with Crippen LogP contribution in [0.4, 0.5) is 5.82 Å². The third kappa shape index (κ3) is 2.68. The Kier molecular flexibility index (Phi) is 3.75. The highest BCUT2D eigenvalue weighted by Crippen LogP contribution is 2.24. The molecular formula is C13H15N7O. The van der Waals surface area contributed by atoms with Gasteiger partial charge >= 0.3 is 0 Å². The highest BCUT2D eigenvalue weighted by atomic mass is 16.5. The van der Waals surface area contributed by atoms with Crippen molar-refractivity contribution in [1.82, 2.24) is 25.1 Å². The number of aryl methyl sites for hydroxylation is 1. The van der Waals surface area contributed by atoms with E-state index in [1.807, 2.05) is 11.8 Å². The molecule has 108 valence electrons. The van der Waals surface area contributed by atoms with Crippen molar-refractivity contribution in [3.8, 4) is 6.07 Å². The summed E-state index contributed by atoms with van der Waals surface area (Å²) in [6.07, 6.45) is 3.67. The first-order valence-corrected chi connectivity index (χ1v) is 6.80. The van der Waals surface area contributed by atoms with Gasteiger partial charge in [-0.25, -0.2) is 15.0 Å². The van der Waals surface area contributed by atoms with Crippen molar-refractivity contribution < 1.29 is 4.74 Å². The second-order valence-electron chi connectivity index (χ2n) is 4.64. The van der Waals surface area contributed by atoms with Gasteiger partial charge in [0.2, 0.25) is 0 Å². The van der Waals surface area contributed by atoms with E-state index in [0.29, 0.717) is 37.0 Å². The molecule has 1 aliphatic rings. The maximum Gasteiger partial charge on any atom is 0.183 e. The minimum Gasteiger partial charge on any atom is -0.366 e. The lowest BCUT2D eigenvalue weighted by Gasteiger charge is -2.32. The molecule has 1 atom stereocenters. The predicted octanol–water partition coefficient (Wildman–Crippen LogP) is 0.607. The van der Waals surface area contributed by atoms with Crippen LogP contribution in [0, 0.1) is 11.3 Å². The zero-order chi connectivity index (χ0) is 14.7. The van der Waals surface area contributed by atoms with Gasteiger partial charge in [-0.3, -0.25) is 5.10 Å². The summed E-state index contributed by atoms with van der Waals surface area (Å²) in [5.41, 5.74) is 0.322. The van der Waals surface area contributed by atoms with Crippen LogP contribution in [0.5, 0.6) is 0 Å². The summed E-state index contributed by atoms with van der Waals surface area (Å²) in [7, 11) is 0. The highest BCUT2D eigenvalue weighted by molar-refractivity contribution is 5.49. The van der Waals surface area contributed by atoms with Gasteiger partial charge in [-0.1, -0.05) is 6.92 Å². The molecule has 0 aliphatic carbocycles. The molecule has 1 unspecified atom stereocenters. The normalized spacial score (nSPS) is 18.5. The highest BCUT2D eigenvalue weighted by Gasteiger charge is 2.27. The van der Waals surface area contributed by atoms with E-state index >= 15 is 0 Å². The third-order valence-electron chi connectivity index (χ3n) is 3.32. The van der Waals surface area contributed by atoms with Gasteiger partial charge in [0.05, 0.1) is 13.2 Å². The van der Waals surface area contributed by atoms with Crippen LogP contribution in [0.15, 0.2) is 12.4 Å². The molecule has 0 radical (unpaired) electrons. The minimum absolute atomic E-state index is 0.233. The van der Waals surface area contributed by atoms with Gasteiger partial charge in [0.15, 0.2) is 17.3 Å². The number of H-pyrrole nitrogens is 1. The number of aromatic nitrogens is 5. The van der Waals surface area contributed by atoms with E-state index in [2.05, 4.69) is 31.2 Å². The number of nitrogens with one attached hydrogen (secondary N) is 1. The van der Waals surface area contributed by atoms with Gasteiger partial charge in [-0.15, -0.1) is 0 Å². The average Bonchev–Trinajstić information content (AvgIpc) is 3.04. The summed E-state index contributed by atoms with van der Waals surface area (Å²) in [5.74, 6) is 2.06. The quantitative estimate of drug-likeness (QED) is 0.880. The van der Waals surface area contributed by atoms with Crippen molar-refractivity contribution in [2.24, 2.45) is 0 Å². The van der Waals surface area contributed by atoms with Crippen LogP contribution < -0.4 is 4.90 Å². The van der Waals surface area contributed by atoms with Crippen molar-refractivity contribution in [3.05, 3.63) is 29.7 Å². The molecular weight excluding hydrogens is 270 g/mol. The predicted molar refractivity (Wildman–Crippen MR) is 73.4 cm³/mol. The zero-order valence-electron chi connectivity index (χ0n) is 11.7. The number of hydrogen-bond acceptors (Lipinski definition) is 7. The number of nitrogens with zero attached hydrogens (tertiary/aromatic N) is 6. The smallest absolute Gasteiger partial charge is 0.183 e. The fourth-order valence-electron chi connectivity index (χ4n) is 2.25. The molecule has 1 N–H and O–H groups in total. The number of aromatic amines is 1. The molecule has 2 aromatic heterocycles. The summed E-state index contributed by atoms with van der Waals surface area (Å²) >= 11 is 0. The molecule has 21 heavy (non-hydrogen) atoms. The van der Waals surface area contributed by atoms with Crippen molar-refractivity contribution >= 4 is 5.82 Å². The summed E-state index contributed by atoms with van der Waals surface area (Å²) < 4.78 is 5.73. The average molecular weight is 285 g/mol. The Morgan fingerprint density at radius 2 is 2.33 bits per heavy atom. The van der Waals surface area contributed by atoms with Crippen LogP contribution in [0.3, 0.4) is 0 Å². The monoisotopic (exact) mass is 285 g/mol. The lowest BCUT2D eigenvalue weighted by molar-refractivity contribution is 0.0339. The standard InChI is InChI=1S/C13H15N7O/c1-2-11-17-12(19-18-11)10-8-20(5-6-21-10)13-9(7-14)15-3-4-16-13/h3-4,10H,2,5-6,8H2,1H3,(H,17,18,19). The zero-order valence-corrected chi connectivity index (χ0v) is 11.7. The molecule has 2 aromatic rings. The molecule has 0 spiro atoms. The van der Waals surface area contributed by atoms with Crippen LogP contribution >= 0.6 is 0 Å². The fourth-order valence-corrected chi connectivity index (χ4v) is 2.25. The summed E-state index contributed by atoms with van der Waals surface area (Å²) in [4.78, 5) is 14.7.